The average Bonchev–Trinajstić information content (AvgIpc) is 2.73. The second-order valence-electron chi connectivity index (χ2n) is 6.51. The van der Waals surface area contributed by atoms with Crippen LogP contribution in [0.1, 0.15) is 6.42 Å². The van der Waals surface area contributed by atoms with Gasteiger partial charge in [-0.25, -0.2) is 0 Å². The molecular formula is C21H28N3O3. The van der Waals surface area contributed by atoms with Crippen molar-refractivity contribution >= 4 is 11.4 Å². The summed E-state index contributed by atoms with van der Waals surface area (Å²) in [5.74, 6) is 2.13. The molecule has 2 N–H and O–H groups in total. The van der Waals surface area contributed by atoms with Gasteiger partial charge in [-0.3, -0.25) is 4.90 Å². The Kier molecular flexibility index (Phi) is 6.65. The summed E-state index contributed by atoms with van der Waals surface area (Å²) >= 11 is 0. The molecule has 0 amide bonds. The number of nitrogens with two attached hydrogens (primary N) is 1. The lowest BCUT2D eigenvalue weighted by Gasteiger charge is -2.36. The number of ether oxygens (including phenoxy) is 3. The lowest BCUT2D eigenvalue weighted by atomic mass is 10.2. The second kappa shape index (κ2) is 9.37. The molecule has 1 aliphatic heterocycles. The maximum absolute atomic E-state index is 5.93. The molecule has 0 spiro atoms. The number of piperazine rings is 1. The van der Waals surface area contributed by atoms with Gasteiger partial charge in [-0.15, -0.1) is 0 Å². The van der Waals surface area contributed by atoms with E-state index in [9.17, 15) is 0 Å². The standard InChI is InChI=1S/C21H28N3O3/c1-25-17-8-9-18(22)21(16-17)27-15-5-10-23-11-13-24(14-12-23)19-6-3-4-7-20(19)26-2/h3-4,6-9H,5,10-15,22H2,1-2H3. The molecule has 1 radical (unpaired) electrons. The predicted molar refractivity (Wildman–Crippen MR) is 108 cm³/mol. The average molecular weight is 370 g/mol. The fourth-order valence-electron chi connectivity index (χ4n) is 3.27. The van der Waals surface area contributed by atoms with Crippen LogP contribution in [-0.2, 0) is 0 Å². The van der Waals surface area contributed by atoms with Gasteiger partial charge in [-0.05, 0) is 30.7 Å². The Hall–Kier alpha value is -2.60. The number of benzene rings is 2. The number of hydrogen-bond acceptors (Lipinski definition) is 6. The van der Waals surface area contributed by atoms with Crippen LogP contribution in [0.25, 0.3) is 0 Å². The fraction of sp³-hybridized carbons (Fsp3) is 0.429. The van der Waals surface area contributed by atoms with Crippen LogP contribution in [0.4, 0.5) is 11.4 Å². The highest BCUT2D eigenvalue weighted by Gasteiger charge is 2.19. The zero-order chi connectivity index (χ0) is 19.1. The normalized spacial score (nSPS) is 14.8. The molecule has 27 heavy (non-hydrogen) atoms. The van der Waals surface area contributed by atoms with Crippen molar-refractivity contribution < 1.29 is 14.2 Å². The van der Waals surface area contributed by atoms with E-state index in [1.54, 1.807) is 26.4 Å². The SMILES string of the molecule is COc1[c]c(OCCCN2CCN(c3ccccc3OC)CC2)c(N)cc1. The van der Waals surface area contributed by atoms with E-state index >= 15 is 0 Å². The van der Waals surface area contributed by atoms with Crippen LogP contribution in [0.3, 0.4) is 0 Å². The van der Waals surface area contributed by atoms with Gasteiger partial charge in [0.2, 0.25) is 0 Å². The van der Waals surface area contributed by atoms with Gasteiger partial charge in [0.15, 0.2) is 5.75 Å². The van der Waals surface area contributed by atoms with E-state index in [0.717, 1.165) is 44.9 Å². The highest BCUT2D eigenvalue weighted by molar-refractivity contribution is 5.58. The number of rotatable bonds is 8. The van der Waals surface area contributed by atoms with E-state index in [1.165, 1.54) is 5.69 Å². The highest BCUT2D eigenvalue weighted by Crippen LogP contribution is 2.28. The Labute approximate surface area is 161 Å². The molecular weight excluding hydrogens is 342 g/mol. The van der Waals surface area contributed by atoms with E-state index < -0.39 is 0 Å². The Morgan fingerprint density at radius 3 is 2.52 bits per heavy atom. The lowest BCUT2D eigenvalue weighted by molar-refractivity contribution is 0.224. The molecule has 0 aromatic heterocycles. The van der Waals surface area contributed by atoms with Gasteiger partial charge >= 0.3 is 0 Å². The summed E-state index contributed by atoms with van der Waals surface area (Å²) < 4.78 is 16.4. The molecule has 145 valence electrons. The first-order valence-corrected chi connectivity index (χ1v) is 9.30. The van der Waals surface area contributed by atoms with Crippen LogP contribution in [0.5, 0.6) is 17.2 Å². The maximum Gasteiger partial charge on any atom is 0.154 e. The second-order valence-corrected chi connectivity index (χ2v) is 6.51. The molecule has 6 nitrogen and oxygen atoms in total. The fourth-order valence-corrected chi connectivity index (χ4v) is 3.27. The zero-order valence-electron chi connectivity index (χ0n) is 16.1. The third kappa shape index (κ3) is 4.98. The number of methoxy groups -OCH3 is 2. The quantitative estimate of drug-likeness (QED) is 0.569. The summed E-state index contributed by atoms with van der Waals surface area (Å²) in [6.45, 7) is 5.68. The molecule has 0 unspecified atom stereocenters. The monoisotopic (exact) mass is 370 g/mol. The van der Waals surface area contributed by atoms with E-state index in [0.29, 0.717) is 23.8 Å². The van der Waals surface area contributed by atoms with Crippen LogP contribution < -0.4 is 24.8 Å². The van der Waals surface area contributed by atoms with Gasteiger partial charge in [-0.2, -0.15) is 0 Å². The van der Waals surface area contributed by atoms with Gasteiger partial charge in [-0.1, -0.05) is 12.1 Å². The van der Waals surface area contributed by atoms with Gasteiger partial charge in [0.05, 0.1) is 38.3 Å². The zero-order valence-corrected chi connectivity index (χ0v) is 16.1. The molecule has 0 atom stereocenters. The first-order valence-electron chi connectivity index (χ1n) is 9.30. The molecule has 1 heterocycles. The van der Waals surface area contributed by atoms with Gasteiger partial charge < -0.3 is 24.8 Å². The van der Waals surface area contributed by atoms with Crippen LogP contribution in [0, 0.1) is 6.07 Å². The minimum absolute atomic E-state index is 0.565. The number of anilines is 2. The van der Waals surface area contributed by atoms with E-state index in [4.69, 9.17) is 19.9 Å². The van der Waals surface area contributed by atoms with Crippen molar-refractivity contribution in [3.8, 4) is 17.2 Å². The van der Waals surface area contributed by atoms with Gasteiger partial charge in [0.1, 0.15) is 11.5 Å². The first-order chi connectivity index (χ1) is 13.2. The Balaban J connectivity index is 1.41. The Morgan fingerprint density at radius 1 is 1.00 bits per heavy atom. The third-order valence-electron chi connectivity index (χ3n) is 4.80. The van der Waals surface area contributed by atoms with Crippen LogP contribution in [0.2, 0.25) is 0 Å². The molecule has 3 rings (SSSR count). The largest absolute Gasteiger partial charge is 0.496 e. The summed E-state index contributed by atoms with van der Waals surface area (Å²) in [5.41, 5.74) is 7.68. The summed E-state index contributed by atoms with van der Waals surface area (Å²) in [5, 5.41) is 0. The van der Waals surface area contributed by atoms with Crippen LogP contribution in [0.15, 0.2) is 36.4 Å². The number of hydrogen-bond donors (Lipinski definition) is 1. The summed E-state index contributed by atoms with van der Waals surface area (Å²) in [6.07, 6.45) is 0.944. The van der Waals surface area contributed by atoms with Gasteiger partial charge in [0, 0.05) is 32.7 Å². The third-order valence-corrected chi connectivity index (χ3v) is 4.80. The molecule has 2 aromatic carbocycles. The number of nitrogens with zero attached hydrogens (tertiary/aromatic N) is 2. The molecule has 2 aromatic rings. The molecule has 0 saturated carbocycles. The lowest BCUT2D eigenvalue weighted by Crippen LogP contribution is -2.46. The van der Waals surface area contributed by atoms with Crippen LogP contribution >= 0.6 is 0 Å². The summed E-state index contributed by atoms with van der Waals surface area (Å²) in [4.78, 5) is 4.85. The van der Waals surface area contributed by atoms with Crippen molar-refractivity contribution in [3.63, 3.8) is 0 Å². The smallest absolute Gasteiger partial charge is 0.154 e. The summed E-state index contributed by atoms with van der Waals surface area (Å²) in [6, 6.07) is 14.8. The van der Waals surface area contributed by atoms with Gasteiger partial charge in [0.25, 0.3) is 0 Å². The van der Waals surface area contributed by atoms with E-state index in [-0.39, 0.29) is 0 Å². The van der Waals surface area contributed by atoms with Crippen molar-refractivity contribution in [2.24, 2.45) is 0 Å². The molecule has 1 fully saturated rings. The highest BCUT2D eigenvalue weighted by atomic mass is 16.5. The van der Waals surface area contributed by atoms with Crippen molar-refractivity contribution in [2.45, 2.75) is 6.42 Å². The topological polar surface area (TPSA) is 60.2 Å². The molecule has 6 heteroatoms. The van der Waals surface area contributed by atoms with Crippen molar-refractivity contribution in [3.05, 3.63) is 42.5 Å². The molecule has 1 aliphatic rings. The van der Waals surface area contributed by atoms with Crippen molar-refractivity contribution in [2.75, 3.05) is 64.2 Å². The Morgan fingerprint density at radius 2 is 1.78 bits per heavy atom. The number of nitrogen functional groups attached to an aromatic ring is 1. The minimum Gasteiger partial charge on any atom is -0.496 e. The summed E-state index contributed by atoms with van der Waals surface area (Å²) in [7, 11) is 3.33. The maximum atomic E-state index is 5.93. The predicted octanol–water partition coefficient (Wildman–Crippen LogP) is 2.68. The molecule has 0 aliphatic carbocycles. The minimum atomic E-state index is 0.565. The van der Waals surface area contributed by atoms with Crippen molar-refractivity contribution in [1.82, 2.24) is 4.90 Å². The van der Waals surface area contributed by atoms with E-state index in [2.05, 4.69) is 28.0 Å². The Bertz CT molecular complexity index is 730. The number of para-hydroxylation sites is 2. The molecule has 0 bridgehead atoms. The molecule has 1 saturated heterocycles. The van der Waals surface area contributed by atoms with Crippen LogP contribution in [-0.4, -0.2) is 58.5 Å². The van der Waals surface area contributed by atoms with Crippen molar-refractivity contribution in [1.29, 1.82) is 0 Å². The first kappa shape index (κ1) is 19.2. The van der Waals surface area contributed by atoms with E-state index in [1.807, 2.05) is 12.1 Å².